The second kappa shape index (κ2) is 5.84. The van der Waals surface area contributed by atoms with Gasteiger partial charge in [-0.1, -0.05) is 20.8 Å². The minimum absolute atomic E-state index is 0.149. The van der Waals surface area contributed by atoms with Crippen LogP contribution in [0.5, 0.6) is 0 Å². The zero-order valence-corrected chi connectivity index (χ0v) is 12.1. The van der Waals surface area contributed by atoms with E-state index < -0.39 is 5.97 Å². The van der Waals surface area contributed by atoms with Gasteiger partial charge in [-0.15, -0.1) is 23.1 Å². The van der Waals surface area contributed by atoms with E-state index in [1.165, 1.54) is 18.4 Å². The van der Waals surface area contributed by atoms with Crippen molar-refractivity contribution < 1.29 is 14.6 Å². The zero-order chi connectivity index (χ0) is 13.1. The minimum atomic E-state index is -0.929. The van der Waals surface area contributed by atoms with Gasteiger partial charge in [-0.25, -0.2) is 9.78 Å². The molecule has 1 aromatic rings. The minimum Gasteiger partial charge on any atom is -0.477 e. The maximum absolute atomic E-state index is 11.0. The van der Waals surface area contributed by atoms with E-state index in [0.717, 1.165) is 10.8 Å². The predicted octanol–water partition coefficient (Wildman–Crippen LogP) is 3.02. The van der Waals surface area contributed by atoms with Crippen molar-refractivity contribution in [2.24, 2.45) is 0 Å². The average molecular weight is 275 g/mol. The number of carbonyl (C=O) groups is 1. The number of aromatic nitrogens is 1. The molecule has 0 aliphatic carbocycles. The number of ether oxygens (including phenoxy) is 1. The van der Waals surface area contributed by atoms with Crippen LogP contribution in [0.15, 0.2) is 0 Å². The van der Waals surface area contributed by atoms with Gasteiger partial charge < -0.3 is 9.84 Å². The van der Waals surface area contributed by atoms with Crippen LogP contribution in [-0.4, -0.2) is 27.9 Å². The number of carboxylic acids is 1. The average Bonchev–Trinajstić information content (AvgIpc) is 2.58. The molecule has 0 bridgehead atoms. The summed E-state index contributed by atoms with van der Waals surface area (Å²) in [6.07, 6.45) is 0. The smallest absolute Gasteiger partial charge is 0.347 e. The Hall–Kier alpha value is -0.590. The van der Waals surface area contributed by atoms with Gasteiger partial charge in [0.1, 0.15) is 9.88 Å². The van der Waals surface area contributed by atoms with Crippen molar-refractivity contribution >= 4 is 29.1 Å². The number of nitrogens with zero attached hydrogens (tertiary/aromatic N) is 1. The first kappa shape index (κ1) is 14.5. The van der Waals surface area contributed by atoms with Crippen molar-refractivity contribution in [3.63, 3.8) is 0 Å². The number of aromatic carboxylic acids is 1. The van der Waals surface area contributed by atoms with Crippen LogP contribution in [0.3, 0.4) is 0 Å². The summed E-state index contributed by atoms with van der Waals surface area (Å²) >= 11 is 2.99. The lowest BCUT2D eigenvalue weighted by Gasteiger charge is -2.16. The number of methoxy groups -OCH3 is 1. The molecule has 6 heteroatoms. The van der Waals surface area contributed by atoms with Crippen molar-refractivity contribution in [2.45, 2.75) is 37.9 Å². The van der Waals surface area contributed by atoms with E-state index >= 15 is 0 Å². The molecule has 0 aliphatic heterocycles. The van der Waals surface area contributed by atoms with E-state index in [1.807, 2.05) is 0 Å². The van der Waals surface area contributed by atoms with Crippen LogP contribution in [0.4, 0.5) is 0 Å². The molecule has 0 spiro atoms. The number of hydrogen-bond acceptors (Lipinski definition) is 5. The van der Waals surface area contributed by atoms with Crippen molar-refractivity contribution in [3.8, 4) is 0 Å². The Balaban J connectivity index is 2.81. The number of rotatable bonds is 5. The van der Waals surface area contributed by atoms with E-state index in [4.69, 9.17) is 9.84 Å². The topological polar surface area (TPSA) is 59.4 Å². The Morgan fingerprint density at radius 2 is 2.18 bits per heavy atom. The van der Waals surface area contributed by atoms with E-state index in [1.54, 1.807) is 11.8 Å². The third kappa shape index (κ3) is 4.65. The molecule has 1 N–H and O–H groups in total. The van der Waals surface area contributed by atoms with Gasteiger partial charge >= 0.3 is 5.97 Å². The van der Waals surface area contributed by atoms with Crippen LogP contribution in [0.1, 0.15) is 41.1 Å². The Morgan fingerprint density at radius 3 is 2.65 bits per heavy atom. The molecule has 0 radical (unpaired) electrons. The van der Waals surface area contributed by atoms with E-state index in [-0.39, 0.29) is 16.2 Å². The molecule has 0 saturated heterocycles. The molecule has 0 amide bonds. The molecule has 0 unspecified atom stereocenters. The summed E-state index contributed by atoms with van der Waals surface area (Å²) in [4.78, 5) is 15.6. The lowest BCUT2D eigenvalue weighted by atomic mass is 10.3. The van der Waals surface area contributed by atoms with Gasteiger partial charge in [0.25, 0.3) is 0 Å². The highest BCUT2D eigenvalue weighted by Gasteiger charge is 2.18. The van der Waals surface area contributed by atoms with E-state index in [9.17, 15) is 4.79 Å². The molecule has 0 fully saturated rings. The van der Waals surface area contributed by atoms with Crippen LogP contribution >= 0.6 is 23.1 Å². The maximum atomic E-state index is 11.0. The molecule has 17 heavy (non-hydrogen) atoms. The largest absolute Gasteiger partial charge is 0.477 e. The molecule has 96 valence electrons. The van der Waals surface area contributed by atoms with E-state index in [0.29, 0.717) is 5.69 Å². The summed E-state index contributed by atoms with van der Waals surface area (Å²) in [5, 5.41) is 9.88. The lowest BCUT2D eigenvalue weighted by molar-refractivity contribution is 0.0697. The Morgan fingerprint density at radius 1 is 1.53 bits per heavy atom. The van der Waals surface area contributed by atoms with Crippen LogP contribution in [0, 0.1) is 0 Å². The van der Waals surface area contributed by atoms with Crippen LogP contribution in [0.25, 0.3) is 0 Å². The summed E-state index contributed by atoms with van der Waals surface area (Å²) in [5.41, 5.74) is 0.523. The van der Waals surface area contributed by atoms with Crippen molar-refractivity contribution in [1.29, 1.82) is 0 Å². The number of thioether (sulfide) groups is 1. The van der Waals surface area contributed by atoms with Crippen molar-refractivity contribution in [1.82, 2.24) is 4.98 Å². The summed E-state index contributed by atoms with van der Waals surface area (Å²) in [5.74, 6) is -0.195. The zero-order valence-electron chi connectivity index (χ0n) is 10.4. The van der Waals surface area contributed by atoms with E-state index in [2.05, 4.69) is 25.8 Å². The highest BCUT2D eigenvalue weighted by molar-refractivity contribution is 7.99. The summed E-state index contributed by atoms with van der Waals surface area (Å²) in [6.45, 7) is 6.62. The normalized spacial score (nSPS) is 11.8. The fourth-order valence-corrected chi connectivity index (χ4v) is 2.88. The second-order valence-corrected chi connectivity index (χ2v) is 7.41. The standard InChI is InChI=1S/C11H17NO3S2/c1-11(2,3)16-6-8-12-7(5-15-4)9(17-8)10(13)14/h5-6H2,1-4H3,(H,13,14). The summed E-state index contributed by atoms with van der Waals surface area (Å²) in [7, 11) is 1.54. The Bertz CT molecular complexity index is 396. The number of carboxylic acid groups (broad SMARTS) is 1. The summed E-state index contributed by atoms with van der Waals surface area (Å²) < 4.78 is 5.10. The second-order valence-electron chi connectivity index (χ2n) is 4.52. The molecule has 0 aromatic carbocycles. The molecule has 1 rings (SSSR count). The van der Waals surface area contributed by atoms with Gasteiger partial charge in [-0.05, 0) is 0 Å². The molecular formula is C11H17NO3S2. The van der Waals surface area contributed by atoms with Gasteiger partial charge in [0.15, 0.2) is 0 Å². The number of thiazole rings is 1. The SMILES string of the molecule is COCc1nc(CSC(C)(C)C)sc1C(=O)O. The van der Waals surface area contributed by atoms with Gasteiger partial charge in [0.2, 0.25) is 0 Å². The Labute approximate surface area is 109 Å². The molecule has 1 heterocycles. The molecular weight excluding hydrogens is 258 g/mol. The van der Waals surface area contributed by atoms with Crippen LogP contribution in [0.2, 0.25) is 0 Å². The molecule has 0 aliphatic rings. The van der Waals surface area contributed by atoms with Crippen molar-refractivity contribution in [3.05, 3.63) is 15.6 Å². The fraction of sp³-hybridized carbons (Fsp3) is 0.636. The maximum Gasteiger partial charge on any atom is 0.347 e. The highest BCUT2D eigenvalue weighted by atomic mass is 32.2. The third-order valence-corrected chi connectivity index (χ3v) is 4.40. The predicted molar refractivity (Wildman–Crippen MR) is 70.8 cm³/mol. The monoisotopic (exact) mass is 275 g/mol. The van der Waals surface area contributed by atoms with Crippen molar-refractivity contribution in [2.75, 3.05) is 7.11 Å². The third-order valence-electron chi connectivity index (χ3n) is 1.85. The van der Waals surface area contributed by atoms with Gasteiger partial charge in [-0.2, -0.15) is 0 Å². The van der Waals surface area contributed by atoms with Gasteiger partial charge in [0.05, 0.1) is 12.3 Å². The van der Waals surface area contributed by atoms with Crippen LogP contribution < -0.4 is 0 Å². The molecule has 4 nitrogen and oxygen atoms in total. The number of hydrogen-bond donors (Lipinski definition) is 1. The first-order valence-electron chi connectivity index (χ1n) is 5.18. The molecule has 1 aromatic heterocycles. The molecule has 0 atom stereocenters. The van der Waals surface area contributed by atoms with Gasteiger partial charge in [0, 0.05) is 17.6 Å². The molecule has 0 saturated carbocycles. The Kier molecular flexibility index (Phi) is 4.97. The van der Waals surface area contributed by atoms with Crippen LogP contribution in [-0.2, 0) is 17.1 Å². The first-order valence-corrected chi connectivity index (χ1v) is 6.98. The highest BCUT2D eigenvalue weighted by Crippen LogP contribution is 2.30. The first-order chi connectivity index (χ1) is 7.83. The quantitative estimate of drug-likeness (QED) is 0.895. The lowest BCUT2D eigenvalue weighted by Crippen LogP contribution is -2.07. The summed E-state index contributed by atoms with van der Waals surface area (Å²) in [6, 6.07) is 0. The van der Waals surface area contributed by atoms with Gasteiger partial charge in [-0.3, -0.25) is 0 Å². The fourth-order valence-electron chi connectivity index (χ4n) is 1.14.